The molecule has 5 heterocycles. The molecule has 0 spiro atoms. The van der Waals surface area contributed by atoms with Crippen molar-refractivity contribution in [2.24, 2.45) is 0 Å². The molecular formula is C30H42N6O5S. The average molecular weight is 599 g/mol. The van der Waals surface area contributed by atoms with E-state index < -0.39 is 15.4 Å². The second-order valence-electron chi connectivity index (χ2n) is 13.0. The fraction of sp³-hybridized carbons (Fsp3) is 0.633. The summed E-state index contributed by atoms with van der Waals surface area (Å²) >= 11 is 0. The minimum absolute atomic E-state index is 0.124. The van der Waals surface area contributed by atoms with E-state index in [2.05, 4.69) is 39.2 Å². The van der Waals surface area contributed by atoms with Gasteiger partial charge in [-0.3, -0.25) is 4.90 Å². The van der Waals surface area contributed by atoms with Gasteiger partial charge in [-0.15, -0.1) is 0 Å². The second kappa shape index (κ2) is 10.9. The Hall–Kier alpha value is -3.12. The molecule has 3 saturated heterocycles. The lowest BCUT2D eigenvalue weighted by Gasteiger charge is -2.47. The second-order valence-corrected chi connectivity index (χ2v) is 15.4. The number of carbonyl (C=O) groups excluding carboxylic acids is 1. The SMILES string of the molecule is Cc1cc(C2CCN(C3CN(C(=O)OC(C)(C)C)C3)CC2)cc2c1O[C@H](C)c1c(ncnc1N1CCS(=O)(=O)CC1)N2. The van der Waals surface area contributed by atoms with E-state index in [0.29, 0.717) is 30.9 Å². The highest BCUT2D eigenvalue weighted by atomic mass is 32.2. The van der Waals surface area contributed by atoms with Gasteiger partial charge in [-0.05, 0) is 83.7 Å². The first-order chi connectivity index (χ1) is 19.9. The van der Waals surface area contributed by atoms with Crippen LogP contribution in [-0.4, -0.2) is 96.7 Å². The molecular weight excluding hydrogens is 556 g/mol. The Labute approximate surface area is 248 Å². The Kier molecular flexibility index (Phi) is 7.49. The van der Waals surface area contributed by atoms with Crippen molar-refractivity contribution >= 4 is 33.3 Å². The standard InChI is InChI=1S/C30H42N6O5S/c1-19-14-22(21-6-8-34(9-7-21)23-16-36(17-23)29(37)41-30(3,4)5)15-24-26(19)40-20(2)25-27(33-24)31-18-32-28(25)35-10-12-42(38,39)13-11-35/h14-15,18,20-21,23H,6-13,16-17H2,1-5H3,(H,31,32,33)/t20-/m1/s1. The maximum atomic E-state index is 12.3. The molecule has 2 aromatic rings. The Morgan fingerprint density at radius 3 is 2.43 bits per heavy atom. The first kappa shape index (κ1) is 29.0. The molecule has 12 heteroatoms. The van der Waals surface area contributed by atoms with E-state index in [1.54, 1.807) is 11.2 Å². The van der Waals surface area contributed by atoms with Gasteiger partial charge in [0.25, 0.3) is 0 Å². The van der Waals surface area contributed by atoms with E-state index in [-0.39, 0.29) is 23.7 Å². The highest BCUT2D eigenvalue weighted by molar-refractivity contribution is 7.91. The van der Waals surface area contributed by atoms with E-state index in [1.807, 2.05) is 32.6 Å². The van der Waals surface area contributed by atoms with Gasteiger partial charge in [0.15, 0.2) is 9.84 Å². The third-order valence-corrected chi connectivity index (χ3v) is 10.4. The molecule has 0 aliphatic carbocycles. The van der Waals surface area contributed by atoms with Crippen LogP contribution in [0.2, 0.25) is 0 Å². The van der Waals surface area contributed by atoms with E-state index in [9.17, 15) is 13.2 Å². The van der Waals surface area contributed by atoms with Crippen molar-refractivity contribution in [3.8, 4) is 5.75 Å². The van der Waals surface area contributed by atoms with E-state index in [1.165, 1.54) is 5.56 Å². The molecule has 4 aliphatic rings. The van der Waals surface area contributed by atoms with Gasteiger partial charge in [0, 0.05) is 32.2 Å². The lowest BCUT2D eigenvalue weighted by Crippen LogP contribution is -2.62. The van der Waals surface area contributed by atoms with E-state index in [0.717, 1.165) is 67.4 Å². The van der Waals surface area contributed by atoms with Gasteiger partial charge in [0.2, 0.25) is 0 Å². The first-order valence-electron chi connectivity index (χ1n) is 15.0. The molecule has 0 unspecified atom stereocenters. The molecule has 3 fully saturated rings. The van der Waals surface area contributed by atoms with Crippen molar-refractivity contribution in [3.63, 3.8) is 0 Å². The lowest BCUT2D eigenvalue weighted by atomic mass is 9.87. The van der Waals surface area contributed by atoms with Gasteiger partial charge in [-0.25, -0.2) is 23.2 Å². The zero-order chi connectivity index (χ0) is 29.8. The van der Waals surface area contributed by atoms with Crippen LogP contribution in [0.25, 0.3) is 0 Å². The fourth-order valence-electron chi connectivity index (χ4n) is 6.45. The van der Waals surface area contributed by atoms with Gasteiger partial charge >= 0.3 is 6.09 Å². The Morgan fingerprint density at radius 1 is 1.07 bits per heavy atom. The molecule has 6 rings (SSSR count). The summed E-state index contributed by atoms with van der Waals surface area (Å²) in [7, 11) is -3.00. The molecule has 228 valence electrons. The van der Waals surface area contributed by atoms with Crippen molar-refractivity contribution in [1.82, 2.24) is 19.8 Å². The number of aromatic nitrogens is 2. The number of hydrogen-bond acceptors (Lipinski definition) is 10. The van der Waals surface area contributed by atoms with Crippen LogP contribution in [0.4, 0.5) is 22.1 Å². The molecule has 4 aliphatic heterocycles. The number of rotatable bonds is 3. The normalized spacial score (nSPS) is 23.1. The van der Waals surface area contributed by atoms with Crippen molar-refractivity contribution in [3.05, 3.63) is 35.2 Å². The molecule has 1 atom stereocenters. The number of aryl methyl sites for hydroxylation is 1. The monoisotopic (exact) mass is 598 g/mol. The van der Waals surface area contributed by atoms with Gasteiger partial charge in [-0.2, -0.15) is 0 Å². The maximum Gasteiger partial charge on any atom is 0.410 e. The third kappa shape index (κ3) is 5.88. The molecule has 1 aromatic heterocycles. The Balaban J connectivity index is 1.13. The van der Waals surface area contributed by atoms with Gasteiger partial charge < -0.3 is 24.6 Å². The number of nitrogens with one attached hydrogen (secondary N) is 1. The molecule has 0 saturated carbocycles. The summed E-state index contributed by atoms with van der Waals surface area (Å²) in [5, 5.41) is 3.55. The number of nitrogens with zero attached hydrogens (tertiary/aromatic N) is 5. The molecule has 1 amide bonds. The highest BCUT2D eigenvalue weighted by Crippen LogP contribution is 2.45. The van der Waals surface area contributed by atoms with Crippen LogP contribution in [0.3, 0.4) is 0 Å². The average Bonchev–Trinajstić information content (AvgIpc) is 3.03. The number of amides is 1. The number of likely N-dealkylation sites (tertiary alicyclic amines) is 2. The van der Waals surface area contributed by atoms with Crippen molar-refractivity contribution in [2.75, 3.05) is 61.0 Å². The largest absolute Gasteiger partial charge is 0.483 e. The predicted molar refractivity (Wildman–Crippen MR) is 162 cm³/mol. The number of piperidine rings is 1. The summed E-state index contributed by atoms with van der Waals surface area (Å²) in [6.07, 6.45) is 3.12. The van der Waals surface area contributed by atoms with Crippen LogP contribution < -0.4 is 15.0 Å². The minimum Gasteiger partial charge on any atom is -0.483 e. The molecule has 0 radical (unpaired) electrons. The highest BCUT2D eigenvalue weighted by Gasteiger charge is 2.39. The summed E-state index contributed by atoms with van der Waals surface area (Å²) in [4.78, 5) is 27.8. The molecule has 1 N–H and O–H groups in total. The van der Waals surface area contributed by atoms with Crippen LogP contribution in [-0.2, 0) is 14.6 Å². The number of ether oxygens (including phenoxy) is 2. The fourth-order valence-corrected chi connectivity index (χ4v) is 7.65. The quantitative estimate of drug-likeness (QED) is 0.555. The Bertz CT molecular complexity index is 1450. The predicted octanol–water partition coefficient (Wildman–Crippen LogP) is 4.02. The smallest absolute Gasteiger partial charge is 0.410 e. The van der Waals surface area contributed by atoms with Crippen molar-refractivity contribution < 1.29 is 22.7 Å². The Morgan fingerprint density at radius 2 is 1.76 bits per heavy atom. The van der Waals surface area contributed by atoms with Gasteiger partial charge in [-0.1, -0.05) is 6.07 Å². The van der Waals surface area contributed by atoms with Crippen LogP contribution in [0.1, 0.15) is 69.2 Å². The minimum atomic E-state index is -3.00. The van der Waals surface area contributed by atoms with E-state index in [4.69, 9.17) is 9.47 Å². The molecule has 11 nitrogen and oxygen atoms in total. The first-order valence-corrected chi connectivity index (χ1v) is 16.8. The number of carbonyl (C=O) groups is 1. The number of fused-ring (bicyclic) bond motifs is 2. The van der Waals surface area contributed by atoms with Crippen LogP contribution in [0.5, 0.6) is 5.75 Å². The zero-order valence-corrected chi connectivity index (χ0v) is 26.0. The zero-order valence-electron chi connectivity index (χ0n) is 25.2. The summed E-state index contributed by atoms with van der Waals surface area (Å²) in [5.74, 6) is 2.92. The lowest BCUT2D eigenvalue weighted by molar-refractivity contribution is -0.0196. The third-order valence-electron chi connectivity index (χ3n) is 8.79. The molecule has 0 bridgehead atoms. The van der Waals surface area contributed by atoms with Crippen molar-refractivity contribution in [1.29, 1.82) is 0 Å². The van der Waals surface area contributed by atoms with Gasteiger partial charge in [0.1, 0.15) is 35.4 Å². The molecule has 1 aromatic carbocycles. The summed E-state index contributed by atoms with van der Waals surface area (Å²) in [5.41, 5.74) is 3.64. The maximum absolute atomic E-state index is 12.3. The van der Waals surface area contributed by atoms with Gasteiger partial charge in [0.05, 0.1) is 22.8 Å². The summed E-state index contributed by atoms with van der Waals surface area (Å²) in [6, 6.07) is 4.85. The summed E-state index contributed by atoms with van der Waals surface area (Å²) < 4.78 is 36.1. The van der Waals surface area contributed by atoms with Crippen LogP contribution in [0.15, 0.2) is 18.5 Å². The number of benzene rings is 1. The number of hydrogen-bond donors (Lipinski definition) is 1. The number of sulfone groups is 1. The van der Waals surface area contributed by atoms with Crippen LogP contribution >= 0.6 is 0 Å². The van der Waals surface area contributed by atoms with Crippen LogP contribution in [0, 0.1) is 6.92 Å². The number of anilines is 3. The van der Waals surface area contributed by atoms with Crippen molar-refractivity contribution in [2.45, 2.75) is 71.1 Å². The topological polar surface area (TPSA) is 117 Å². The molecule has 42 heavy (non-hydrogen) atoms. The van der Waals surface area contributed by atoms with E-state index >= 15 is 0 Å². The summed E-state index contributed by atoms with van der Waals surface area (Å²) in [6.45, 7) is 14.1.